The van der Waals surface area contributed by atoms with E-state index in [0.717, 1.165) is 49.2 Å². The molecule has 0 bridgehead atoms. The third-order valence-electron chi connectivity index (χ3n) is 3.62. The van der Waals surface area contributed by atoms with Gasteiger partial charge >= 0.3 is 0 Å². The first kappa shape index (κ1) is 13.8. The average molecular weight is 291 g/mol. The van der Waals surface area contributed by atoms with Crippen LogP contribution >= 0.6 is 11.3 Å². The molecule has 0 spiro atoms. The van der Waals surface area contributed by atoms with Crippen molar-refractivity contribution in [2.24, 2.45) is 0 Å². The molecule has 0 aromatic carbocycles. The Bertz CT molecular complexity index is 602. The molecule has 1 aliphatic heterocycles. The molecular weight excluding hydrogens is 270 g/mol. The van der Waals surface area contributed by atoms with Gasteiger partial charge in [0.1, 0.15) is 16.5 Å². The predicted octanol–water partition coefficient (Wildman–Crippen LogP) is 3.21. The first-order chi connectivity index (χ1) is 9.69. The van der Waals surface area contributed by atoms with E-state index in [1.54, 1.807) is 11.3 Å². The molecule has 2 aromatic rings. The van der Waals surface area contributed by atoms with E-state index in [1.807, 2.05) is 0 Å². The largest absolute Gasteiger partial charge is 0.378 e. The van der Waals surface area contributed by atoms with Gasteiger partial charge in [-0.1, -0.05) is 20.8 Å². The summed E-state index contributed by atoms with van der Waals surface area (Å²) in [6.45, 7) is 9.90. The summed E-state index contributed by atoms with van der Waals surface area (Å²) in [5.74, 6) is 2.40. The van der Waals surface area contributed by atoms with Gasteiger partial charge in [-0.3, -0.25) is 0 Å². The van der Waals surface area contributed by atoms with Crippen LogP contribution in [-0.2, 0) is 11.2 Å². The lowest BCUT2D eigenvalue weighted by molar-refractivity contribution is 0.122. The van der Waals surface area contributed by atoms with Crippen LogP contribution in [0.15, 0.2) is 6.07 Å². The fraction of sp³-hybridized carbons (Fsp3) is 0.600. The normalized spacial score (nSPS) is 16.3. The number of fused-ring (bicyclic) bond motifs is 1. The second kappa shape index (κ2) is 5.66. The molecule has 3 heterocycles. The zero-order valence-corrected chi connectivity index (χ0v) is 13.2. The smallest absolute Gasteiger partial charge is 0.141 e. The van der Waals surface area contributed by atoms with Crippen molar-refractivity contribution in [3.8, 4) is 0 Å². The first-order valence-electron chi connectivity index (χ1n) is 7.32. The van der Waals surface area contributed by atoms with Gasteiger partial charge in [0.2, 0.25) is 0 Å². The van der Waals surface area contributed by atoms with Gasteiger partial charge in [-0.2, -0.15) is 0 Å². The number of aryl methyl sites for hydroxylation is 1. The van der Waals surface area contributed by atoms with Crippen LogP contribution in [-0.4, -0.2) is 36.3 Å². The van der Waals surface area contributed by atoms with Gasteiger partial charge in [0.25, 0.3) is 0 Å². The van der Waals surface area contributed by atoms with Gasteiger partial charge in [-0.25, -0.2) is 9.97 Å². The van der Waals surface area contributed by atoms with Crippen LogP contribution < -0.4 is 4.90 Å². The molecule has 1 saturated heterocycles. The first-order valence-corrected chi connectivity index (χ1v) is 8.13. The quantitative estimate of drug-likeness (QED) is 0.870. The topological polar surface area (TPSA) is 38.2 Å². The fourth-order valence-electron chi connectivity index (χ4n) is 2.42. The van der Waals surface area contributed by atoms with Crippen LogP contribution in [0.3, 0.4) is 0 Å². The molecule has 4 nitrogen and oxygen atoms in total. The maximum atomic E-state index is 5.45. The SMILES string of the molecule is CCc1cc2c(N3CCOCC3)nc(C(C)C)nc2s1. The van der Waals surface area contributed by atoms with Gasteiger partial charge in [0, 0.05) is 23.9 Å². The van der Waals surface area contributed by atoms with Crippen LogP contribution in [0.25, 0.3) is 10.2 Å². The monoisotopic (exact) mass is 291 g/mol. The number of aromatic nitrogens is 2. The van der Waals surface area contributed by atoms with Crippen molar-refractivity contribution >= 4 is 27.4 Å². The van der Waals surface area contributed by atoms with Gasteiger partial charge in [0.05, 0.1) is 18.6 Å². The van der Waals surface area contributed by atoms with E-state index < -0.39 is 0 Å². The van der Waals surface area contributed by atoms with Gasteiger partial charge in [0.15, 0.2) is 0 Å². The molecule has 108 valence electrons. The molecule has 5 heteroatoms. The van der Waals surface area contributed by atoms with Crippen LogP contribution in [0.2, 0.25) is 0 Å². The van der Waals surface area contributed by atoms with Crippen molar-refractivity contribution in [3.05, 3.63) is 16.8 Å². The molecule has 20 heavy (non-hydrogen) atoms. The summed E-state index contributed by atoms with van der Waals surface area (Å²) in [6.07, 6.45) is 1.06. The average Bonchev–Trinajstić information content (AvgIpc) is 2.90. The minimum absolute atomic E-state index is 0.353. The minimum Gasteiger partial charge on any atom is -0.378 e. The van der Waals surface area contributed by atoms with E-state index in [0.29, 0.717) is 5.92 Å². The molecule has 0 N–H and O–H groups in total. The Labute approximate surface area is 123 Å². The molecule has 2 aromatic heterocycles. The summed E-state index contributed by atoms with van der Waals surface area (Å²) in [7, 11) is 0. The lowest BCUT2D eigenvalue weighted by atomic mass is 10.2. The summed E-state index contributed by atoms with van der Waals surface area (Å²) in [6, 6.07) is 2.26. The molecule has 1 fully saturated rings. The van der Waals surface area contributed by atoms with Crippen LogP contribution in [0.1, 0.15) is 37.4 Å². The number of ether oxygens (including phenoxy) is 1. The van der Waals surface area contributed by atoms with Crippen molar-refractivity contribution in [2.75, 3.05) is 31.2 Å². The van der Waals surface area contributed by atoms with Gasteiger partial charge in [-0.15, -0.1) is 11.3 Å². The van der Waals surface area contributed by atoms with E-state index in [9.17, 15) is 0 Å². The second-order valence-electron chi connectivity index (χ2n) is 5.44. The van der Waals surface area contributed by atoms with Crippen LogP contribution in [0.4, 0.5) is 5.82 Å². The Hall–Kier alpha value is -1.20. The molecular formula is C15H21N3OS. The van der Waals surface area contributed by atoms with Crippen molar-refractivity contribution in [1.82, 2.24) is 9.97 Å². The van der Waals surface area contributed by atoms with Crippen molar-refractivity contribution in [1.29, 1.82) is 0 Å². The number of nitrogens with zero attached hydrogens (tertiary/aromatic N) is 3. The van der Waals surface area contributed by atoms with Crippen molar-refractivity contribution in [3.63, 3.8) is 0 Å². The minimum atomic E-state index is 0.353. The highest BCUT2D eigenvalue weighted by Gasteiger charge is 2.19. The zero-order valence-electron chi connectivity index (χ0n) is 12.3. The number of hydrogen-bond donors (Lipinski definition) is 0. The lowest BCUT2D eigenvalue weighted by Gasteiger charge is -2.28. The molecule has 0 aliphatic carbocycles. The standard InChI is InChI=1S/C15H21N3OS/c1-4-11-9-12-14(18-5-7-19-8-6-18)16-13(10(2)3)17-15(12)20-11/h9-10H,4-8H2,1-3H3. The molecule has 0 saturated carbocycles. The molecule has 0 amide bonds. The maximum absolute atomic E-state index is 5.45. The molecule has 0 radical (unpaired) electrons. The maximum Gasteiger partial charge on any atom is 0.141 e. The Balaban J connectivity index is 2.12. The van der Waals surface area contributed by atoms with E-state index in [4.69, 9.17) is 14.7 Å². The summed E-state index contributed by atoms with van der Waals surface area (Å²) in [5, 5.41) is 1.21. The van der Waals surface area contributed by atoms with Crippen molar-refractivity contribution in [2.45, 2.75) is 33.1 Å². The summed E-state index contributed by atoms with van der Waals surface area (Å²) in [5.41, 5.74) is 0. The Morgan fingerprint density at radius 1 is 1.30 bits per heavy atom. The molecule has 0 atom stereocenters. The van der Waals surface area contributed by atoms with Crippen LogP contribution in [0.5, 0.6) is 0 Å². The highest BCUT2D eigenvalue weighted by molar-refractivity contribution is 7.18. The zero-order chi connectivity index (χ0) is 14.1. The Kier molecular flexibility index (Phi) is 3.89. The van der Waals surface area contributed by atoms with Gasteiger partial charge in [-0.05, 0) is 12.5 Å². The molecule has 1 aliphatic rings. The van der Waals surface area contributed by atoms with E-state index in [-0.39, 0.29) is 0 Å². The van der Waals surface area contributed by atoms with E-state index >= 15 is 0 Å². The molecule has 0 unspecified atom stereocenters. The lowest BCUT2D eigenvalue weighted by Crippen LogP contribution is -2.37. The summed E-state index contributed by atoms with van der Waals surface area (Å²) in [4.78, 5) is 14.4. The number of hydrogen-bond acceptors (Lipinski definition) is 5. The third kappa shape index (κ3) is 2.52. The Morgan fingerprint density at radius 3 is 2.70 bits per heavy atom. The van der Waals surface area contributed by atoms with Crippen molar-refractivity contribution < 1.29 is 4.74 Å². The number of anilines is 1. The number of morpholine rings is 1. The highest BCUT2D eigenvalue weighted by Crippen LogP contribution is 2.32. The Morgan fingerprint density at radius 2 is 2.05 bits per heavy atom. The third-order valence-corrected chi connectivity index (χ3v) is 4.79. The molecule has 3 rings (SSSR count). The van der Waals surface area contributed by atoms with Crippen LogP contribution in [0, 0.1) is 0 Å². The highest BCUT2D eigenvalue weighted by atomic mass is 32.1. The summed E-state index contributed by atoms with van der Waals surface area (Å²) < 4.78 is 5.45. The summed E-state index contributed by atoms with van der Waals surface area (Å²) >= 11 is 1.80. The predicted molar refractivity (Wildman–Crippen MR) is 83.9 cm³/mol. The fourth-order valence-corrected chi connectivity index (χ4v) is 3.39. The second-order valence-corrected chi connectivity index (χ2v) is 6.56. The number of thiophene rings is 1. The van der Waals surface area contributed by atoms with Gasteiger partial charge < -0.3 is 9.64 Å². The van der Waals surface area contributed by atoms with E-state index in [1.165, 1.54) is 10.3 Å². The van der Waals surface area contributed by atoms with E-state index in [2.05, 4.69) is 31.7 Å². The number of rotatable bonds is 3.